The summed E-state index contributed by atoms with van der Waals surface area (Å²) in [4.78, 5) is 11.8. The quantitative estimate of drug-likeness (QED) is 0.402. The van der Waals surface area contributed by atoms with Gasteiger partial charge in [-0.1, -0.05) is 22.4 Å². The molecule has 0 aromatic heterocycles. The van der Waals surface area contributed by atoms with Crippen molar-refractivity contribution in [3.63, 3.8) is 0 Å². The summed E-state index contributed by atoms with van der Waals surface area (Å²) < 4.78 is 73.8. The second-order valence-corrected chi connectivity index (χ2v) is 4.82. The first-order valence-corrected chi connectivity index (χ1v) is 6.58. The monoisotopic (exact) mass is 357 g/mol. The second-order valence-electron chi connectivity index (χ2n) is 4.03. The van der Waals surface area contributed by atoms with E-state index in [9.17, 15) is 31.1 Å². The third kappa shape index (κ3) is 6.49. The van der Waals surface area contributed by atoms with Crippen LogP contribution in [-0.2, 0) is 4.79 Å². The molecule has 9 heteroatoms. The van der Waals surface area contributed by atoms with Crippen LogP contribution in [0.3, 0.4) is 0 Å². The fourth-order valence-electron chi connectivity index (χ4n) is 1.42. The average molecular weight is 358 g/mol. The third-order valence-corrected chi connectivity index (χ3v) is 2.97. The molecule has 0 saturated carbocycles. The number of alkyl halides is 7. The maximum atomic E-state index is 12.3. The van der Waals surface area contributed by atoms with Crippen molar-refractivity contribution in [1.82, 2.24) is 4.90 Å². The molecule has 0 aromatic carbocycles. The zero-order valence-electron chi connectivity index (χ0n) is 10.1. The number of amides is 1. The van der Waals surface area contributed by atoms with E-state index in [-0.39, 0.29) is 6.54 Å². The van der Waals surface area contributed by atoms with E-state index in [1.54, 1.807) is 0 Å². The Balaban J connectivity index is 4.65. The lowest BCUT2D eigenvalue weighted by Crippen LogP contribution is -2.48. The summed E-state index contributed by atoms with van der Waals surface area (Å²) in [5.41, 5.74) is 0. The van der Waals surface area contributed by atoms with Crippen molar-refractivity contribution in [2.45, 2.75) is 31.6 Å². The van der Waals surface area contributed by atoms with Crippen LogP contribution in [0.2, 0.25) is 0 Å². The zero-order chi connectivity index (χ0) is 15.3. The zero-order valence-corrected chi connectivity index (χ0v) is 11.7. The molecular formula is C10H14BrF6NO. The minimum atomic E-state index is -5.63. The van der Waals surface area contributed by atoms with Gasteiger partial charge in [0, 0.05) is 18.9 Å². The normalized spacial score (nSPS) is 12.9. The summed E-state index contributed by atoms with van der Waals surface area (Å²) >= 11 is 3.14. The molecule has 0 bridgehead atoms. The van der Waals surface area contributed by atoms with Crippen LogP contribution in [-0.4, -0.2) is 42.1 Å². The van der Waals surface area contributed by atoms with E-state index in [2.05, 4.69) is 15.9 Å². The predicted molar refractivity (Wildman–Crippen MR) is 60.9 cm³/mol. The van der Waals surface area contributed by atoms with E-state index in [0.717, 1.165) is 13.5 Å². The van der Waals surface area contributed by atoms with Gasteiger partial charge < -0.3 is 4.90 Å². The summed E-state index contributed by atoms with van der Waals surface area (Å²) in [6, 6.07) is 0. The molecular weight excluding hydrogens is 344 g/mol. The topological polar surface area (TPSA) is 20.3 Å². The van der Waals surface area contributed by atoms with Gasteiger partial charge in [-0.2, -0.15) is 26.3 Å². The van der Waals surface area contributed by atoms with E-state index >= 15 is 0 Å². The molecule has 0 rings (SSSR count). The SMILES string of the molecule is CN(CCCCCBr)C(=O)C(C(F)(F)F)C(F)(F)F. The highest BCUT2D eigenvalue weighted by atomic mass is 79.9. The highest BCUT2D eigenvalue weighted by Crippen LogP contribution is 2.40. The summed E-state index contributed by atoms with van der Waals surface area (Å²) in [5, 5.41) is 0.693. The van der Waals surface area contributed by atoms with Gasteiger partial charge in [0.25, 0.3) is 0 Å². The molecule has 0 radical (unpaired) electrons. The molecule has 19 heavy (non-hydrogen) atoms. The Hall–Kier alpha value is -0.470. The van der Waals surface area contributed by atoms with Crippen LogP contribution in [0.4, 0.5) is 26.3 Å². The number of carbonyl (C=O) groups excluding carboxylic acids is 1. The van der Waals surface area contributed by atoms with Gasteiger partial charge in [-0.25, -0.2) is 0 Å². The first-order valence-electron chi connectivity index (χ1n) is 5.46. The van der Waals surface area contributed by atoms with Crippen molar-refractivity contribution in [3.05, 3.63) is 0 Å². The van der Waals surface area contributed by atoms with Crippen LogP contribution in [0, 0.1) is 5.92 Å². The fraction of sp³-hybridized carbons (Fsp3) is 0.900. The number of unbranched alkanes of at least 4 members (excludes halogenated alkanes) is 2. The highest BCUT2D eigenvalue weighted by molar-refractivity contribution is 9.09. The lowest BCUT2D eigenvalue weighted by molar-refractivity contribution is -0.277. The van der Waals surface area contributed by atoms with Crippen LogP contribution < -0.4 is 0 Å². The molecule has 0 heterocycles. The van der Waals surface area contributed by atoms with Gasteiger partial charge in [0.1, 0.15) is 0 Å². The lowest BCUT2D eigenvalue weighted by atomic mass is 10.1. The molecule has 114 valence electrons. The summed E-state index contributed by atoms with van der Waals surface area (Å²) in [7, 11) is 0.945. The Morgan fingerprint density at radius 2 is 1.53 bits per heavy atom. The molecule has 1 amide bonds. The summed E-state index contributed by atoms with van der Waals surface area (Å²) in [6.45, 7) is -0.130. The Labute approximate surface area is 115 Å². The van der Waals surface area contributed by atoms with Crippen molar-refractivity contribution in [2.24, 2.45) is 5.92 Å². The largest absolute Gasteiger partial charge is 0.409 e. The summed E-state index contributed by atoms with van der Waals surface area (Å²) in [6.07, 6.45) is -9.54. The van der Waals surface area contributed by atoms with E-state index in [0.29, 0.717) is 23.1 Å². The molecule has 0 aliphatic carbocycles. The van der Waals surface area contributed by atoms with Gasteiger partial charge in [-0.05, 0) is 12.8 Å². The predicted octanol–water partition coefficient (Wildman–Crippen LogP) is 3.75. The minimum absolute atomic E-state index is 0.130. The number of hydrogen-bond donors (Lipinski definition) is 0. The standard InChI is InChI=1S/C10H14BrF6NO/c1-18(6-4-2-3-5-11)8(19)7(9(12,13)14)10(15,16)17/h7H,2-6H2,1H3. The van der Waals surface area contributed by atoms with Crippen molar-refractivity contribution < 1.29 is 31.1 Å². The fourth-order valence-corrected chi connectivity index (χ4v) is 1.81. The maximum Gasteiger partial charge on any atom is 0.409 e. The number of nitrogens with zero attached hydrogens (tertiary/aromatic N) is 1. The molecule has 0 fully saturated rings. The van der Waals surface area contributed by atoms with Crippen LogP contribution in [0.5, 0.6) is 0 Å². The van der Waals surface area contributed by atoms with Gasteiger partial charge in [0.05, 0.1) is 0 Å². The van der Waals surface area contributed by atoms with Gasteiger partial charge in [-0.15, -0.1) is 0 Å². The van der Waals surface area contributed by atoms with Crippen LogP contribution in [0.25, 0.3) is 0 Å². The molecule has 0 aromatic rings. The number of carbonyl (C=O) groups is 1. The molecule has 0 aliphatic rings. The first kappa shape index (κ1) is 18.5. The van der Waals surface area contributed by atoms with E-state index in [1.807, 2.05) is 0 Å². The van der Waals surface area contributed by atoms with Crippen molar-refractivity contribution in [2.75, 3.05) is 18.9 Å². The van der Waals surface area contributed by atoms with Crippen molar-refractivity contribution >= 4 is 21.8 Å². The molecule has 0 unspecified atom stereocenters. The minimum Gasteiger partial charge on any atom is -0.345 e. The Bertz CT molecular complexity index is 277. The Morgan fingerprint density at radius 3 is 1.89 bits per heavy atom. The molecule has 0 aliphatic heterocycles. The van der Waals surface area contributed by atoms with Gasteiger partial charge in [0.2, 0.25) is 11.8 Å². The van der Waals surface area contributed by atoms with Gasteiger partial charge in [0.15, 0.2) is 0 Å². The van der Waals surface area contributed by atoms with Gasteiger partial charge in [-0.3, -0.25) is 4.79 Å². The van der Waals surface area contributed by atoms with Crippen LogP contribution in [0.15, 0.2) is 0 Å². The maximum absolute atomic E-state index is 12.3. The van der Waals surface area contributed by atoms with E-state index < -0.39 is 24.2 Å². The van der Waals surface area contributed by atoms with Crippen molar-refractivity contribution in [1.29, 1.82) is 0 Å². The molecule has 0 saturated heterocycles. The Kier molecular flexibility index (Phi) is 7.17. The highest BCUT2D eigenvalue weighted by Gasteiger charge is 2.61. The number of rotatable bonds is 6. The summed E-state index contributed by atoms with van der Waals surface area (Å²) in [5.74, 6) is -5.90. The lowest BCUT2D eigenvalue weighted by Gasteiger charge is -2.27. The van der Waals surface area contributed by atoms with Crippen LogP contribution >= 0.6 is 15.9 Å². The number of hydrogen-bond acceptors (Lipinski definition) is 1. The first-order chi connectivity index (χ1) is 8.51. The van der Waals surface area contributed by atoms with E-state index in [1.165, 1.54) is 0 Å². The van der Waals surface area contributed by atoms with E-state index in [4.69, 9.17) is 0 Å². The average Bonchev–Trinajstić information content (AvgIpc) is 2.19. The molecule has 0 N–H and O–H groups in total. The Morgan fingerprint density at radius 1 is 1.05 bits per heavy atom. The van der Waals surface area contributed by atoms with Crippen LogP contribution in [0.1, 0.15) is 19.3 Å². The number of halogens is 7. The molecule has 2 nitrogen and oxygen atoms in total. The van der Waals surface area contributed by atoms with Crippen molar-refractivity contribution in [3.8, 4) is 0 Å². The molecule has 0 spiro atoms. The third-order valence-electron chi connectivity index (χ3n) is 2.40. The molecule has 0 atom stereocenters. The smallest absolute Gasteiger partial charge is 0.345 e. The van der Waals surface area contributed by atoms with Gasteiger partial charge >= 0.3 is 12.4 Å². The second kappa shape index (κ2) is 7.35.